The van der Waals surface area contributed by atoms with Crippen molar-refractivity contribution in [3.63, 3.8) is 0 Å². The van der Waals surface area contributed by atoms with E-state index in [0.717, 1.165) is 20.8 Å². The Bertz CT molecular complexity index is 480. The summed E-state index contributed by atoms with van der Waals surface area (Å²) in [7, 11) is 0. The topological polar surface area (TPSA) is 33.1 Å². The third kappa shape index (κ3) is 3.37. The number of benzene rings is 1. The Balaban J connectivity index is 2.08. The highest BCUT2D eigenvalue weighted by atomic mass is 79.9. The summed E-state index contributed by atoms with van der Waals surface area (Å²) in [6.07, 6.45) is 2.73. The largest absolute Gasteiger partial charge is 0.396 e. The molecule has 1 atom stereocenters. The van der Waals surface area contributed by atoms with Crippen LogP contribution >= 0.6 is 27.3 Å². The summed E-state index contributed by atoms with van der Waals surface area (Å²) in [6, 6.07) is 8.28. The van der Waals surface area contributed by atoms with Crippen LogP contribution in [0.5, 0.6) is 0 Å². The fraction of sp³-hybridized carbons (Fsp3) is 0.308. The van der Waals surface area contributed by atoms with E-state index in [0.29, 0.717) is 0 Å². The van der Waals surface area contributed by atoms with Gasteiger partial charge in [-0.25, -0.2) is 4.98 Å². The molecule has 0 aliphatic carbocycles. The van der Waals surface area contributed by atoms with E-state index in [4.69, 9.17) is 5.11 Å². The van der Waals surface area contributed by atoms with Gasteiger partial charge in [0, 0.05) is 27.9 Å². The molecule has 4 heteroatoms. The quantitative estimate of drug-likeness (QED) is 0.936. The average Bonchev–Trinajstić information content (AvgIpc) is 2.80. The van der Waals surface area contributed by atoms with Crippen LogP contribution in [0.3, 0.4) is 0 Å². The maximum absolute atomic E-state index is 9.09. The Labute approximate surface area is 113 Å². The van der Waals surface area contributed by atoms with Gasteiger partial charge in [0.25, 0.3) is 0 Å². The smallest absolute Gasteiger partial charge is 0.0971 e. The van der Waals surface area contributed by atoms with Gasteiger partial charge in [-0.3, -0.25) is 0 Å². The molecule has 1 N–H and O–H groups in total. The molecule has 1 unspecified atom stereocenters. The standard InChI is InChI=1S/C13H14BrNOS/c1-9(8-16)12-7-15-13(17-12)6-10-2-4-11(14)5-3-10/h2-5,7,9,16H,6,8H2,1H3. The zero-order valence-corrected chi connectivity index (χ0v) is 12.0. The van der Waals surface area contributed by atoms with E-state index in [1.54, 1.807) is 11.3 Å². The van der Waals surface area contributed by atoms with Crippen molar-refractivity contribution in [1.29, 1.82) is 0 Å². The predicted molar refractivity (Wildman–Crippen MR) is 74.6 cm³/mol. The molecule has 0 radical (unpaired) electrons. The lowest BCUT2D eigenvalue weighted by Gasteiger charge is -2.01. The van der Waals surface area contributed by atoms with E-state index in [9.17, 15) is 0 Å². The van der Waals surface area contributed by atoms with Gasteiger partial charge in [0.15, 0.2) is 0 Å². The summed E-state index contributed by atoms with van der Waals surface area (Å²) in [5.74, 6) is 0.186. The third-order valence-corrected chi connectivity index (χ3v) is 4.36. The zero-order chi connectivity index (χ0) is 12.3. The van der Waals surface area contributed by atoms with E-state index in [1.807, 2.05) is 25.3 Å². The lowest BCUT2D eigenvalue weighted by atomic mass is 10.2. The molecule has 1 heterocycles. The summed E-state index contributed by atoms with van der Waals surface area (Å²) >= 11 is 5.10. The summed E-state index contributed by atoms with van der Waals surface area (Å²) in [6.45, 7) is 2.19. The first kappa shape index (κ1) is 12.7. The van der Waals surface area contributed by atoms with Crippen molar-refractivity contribution in [3.8, 4) is 0 Å². The van der Waals surface area contributed by atoms with E-state index in [-0.39, 0.29) is 12.5 Å². The Morgan fingerprint density at radius 1 is 1.35 bits per heavy atom. The molecule has 0 saturated carbocycles. The van der Waals surface area contributed by atoms with Crippen molar-refractivity contribution >= 4 is 27.3 Å². The fourth-order valence-electron chi connectivity index (χ4n) is 1.50. The highest BCUT2D eigenvalue weighted by Crippen LogP contribution is 2.24. The first-order valence-corrected chi connectivity index (χ1v) is 7.10. The third-order valence-electron chi connectivity index (χ3n) is 2.60. The van der Waals surface area contributed by atoms with Gasteiger partial charge in [0.05, 0.1) is 11.6 Å². The first-order chi connectivity index (χ1) is 8.19. The second kappa shape index (κ2) is 5.76. The number of hydrogen-bond acceptors (Lipinski definition) is 3. The number of halogens is 1. The number of nitrogens with zero attached hydrogens (tertiary/aromatic N) is 1. The number of aliphatic hydroxyl groups is 1. The van der Waals surface area contributed by atoms with E-state index >= 15 is 0 Å². The Hall–Kier alpha value is -0.710. The van der Waals surface area contributed by atoms with Crippen molar-refractivity contribution in [2.45, 2.75) is 19.3 Å². The molecule has 2 nitrogen and oxygen atoms in total. The van der Waals surface area contributed by atoms with Gasteiger partial charge in [-0.15, -0.1) is 11.3 Å². The Morgan fingerprint density at radius 3 is 2.71 bits per heavy atom. The van der Waals surface area contributed by atoms with Gasteiger partial charge < -0.3 is 5.11 Å². The number of hydrogen-bond donors (Lipinski definition) is 1. The molecule has 0 spiro atoms. The number of aliphatic hydroxyl groups excluding tert-OH is 1. The maximum atomic E-state index is 9.09. The van der Waals surface area contributed by atoms with Crippen molar-refractivity contribution in [2.24, 2.45) is 0 Å². The Kier molecular flexibility index (Phi) is 4.31. The molecule has 0 saturated heterocycles. The van der Waals surface area contributed by atoms with Crippen LogP contribution in [0.4, 0.5) is 0 Å². The number of aromatic nitrogens is 1. The van der Waals surface area contributed by atoms with Crippen LogP contribution in [0.15, 0.2) is 34.9 Å². The second-order valence-corrected chi connectivity index (χ2v) is 6.11. The second-order valence-electron chi connectivity index (χ2n) is 4.04. The summed E-state index contributed by atoms with van der Waals surface area (Å²) in [5.41, 5.74) is 1.26. The molecular weight excluding hydrogens is 298 g/mol. The average molecular weight is 312 g/mol. The van der Waals surface area contributed by atoms with Gasteiger partial charge in [0.1, 0.15) is 0 Å². The van der Waals surface area contributed by atoms with Gasteiger partial charge in [-0.05, 0) is 17.7 Å². The van der Waals surface area contributed by atoms with Crippen molar-refractivity contribution in [1.82, 2.24) is 4.98 Å². The van der Waals surface area contributed by atoms with Crippen LogP contribution in [0, 0.1) is 0 Å². The molecule has 0 fully saturated rings. The first-order valence-electron chi connectivity index (χ1n) is 5.49. The lowest BCUT2D eigenvalue weighted by Crippen LogP contribution is -1.94. The fourth-order valence-corrected chi connectivity index (χ4v) is 2.76. The van der Waals surface area contributed by atoms with Crippen LogP contribution in [-0.4, -0.2) is 16.7 Å². The molecule has 2 aromatic rings. The predicted octanol–water partition coefficient (Wildman–Crippen LogP) is 3.59. The number of rotatable bonds is 4. The van der Waals surface area contributed by atoms with Crippen LogP contribution in [0.2, 0.25) is 0 Å². The molecule has 2 rings (SSSR count). The molecule has 0 aliphatic rings. The zero-order valence-electron chi connectivity index (χ0n) is 9.56. The van der Waals surface area contributed by atoms with Crippen molar-refractivity contribution in [3.05, 3.63) is 50.4 Å². The van der Waals surface area contributed by atoms with Gasteiger partial charge >= 0.3 is 0 Å². The number of thiazole rings is 1. The minimum absolute atomic E-state index is 0.180. The Morgan fingerprint density at radius 2 is 2.06 bits per heavy atom. The van der Waals surface area contributed by atoms with E-state index < -0.39 is 0 Å². The van der Waals surface area contributed by atoms with Gasteiger partial charge in [-0.2, -0.15) is 0 Å². The molecule has 1 aromatic heterocycles. The lowest BCUT2D eigenvalue weighted by molar-refractivity contribution is 0.274. The molecule has 0 amide bonds. The van der Waals surface area contributed by atoms with Gasteiger partial charge in [0.2, 0.25) is 0 Å². The van der Waals surface area contributed by atoms with E-state index in [2.05, 4.69) is 33.0 Å². The van der Waals surface area contributed by atoms with Crippen LogP contribution in [-0.2, 0) is 6.42 Å². The normalized spacial score (nSPS) is 12.6. The molecular formula is C13H14BrNOS. The molecule has 90 valence electrons. The SMILES string of the molecule is CC(CO)c1cnc(Cc2ccc(Br)cc2)s1. The van der Waals surface area contributed by atoms with E-state index in [1.165, 1.54) is 5.56 Å². The highest BCUT2D eigenvalue weighted by molar-refractivity contribution is 9.10. The molecule has 0 bridgehead atoms. The maximum Gasteiger partial charge on any atom is 0.0971 e. The molecule has 17 heavy (non-hydrogen) atoms. The minimum Gasteiger partial charge on any atom is -0.396 e. The van der Waals surface area contributed by atoms with Crippen LogP contribution in [0.1, 0.15) is 28.3 Å². The summed E-state index contributed by atoms with van der Waals surface area (Å²) in [4.78, 5) is 5.55. The van der Waals surface area contributed by atoms with Crippen molar-refractivity contribution < 1.29 is 5.11 Å². The molecule has 1 aromatic carbocycles. The summed E-state index contributed by atoms with van der Waals surface area (Å²) in [5, 5.41) is 10.2. The summed E-state index contributed by atoms with van der Waals surface area (Å²) < 4.78 is 1.09. The van der Waals surface area contributed by atoms with Crippen LogP contribution in [0.25, 0.3) is 0 Å². The monoisotopic (exact) mass is 311 g/mol. The van der Waals surface area contributed by atoms with Gasteiger partial charge in [-0.1, -0.05) is 35.0 Å². The minimum atomic E-state index is 0.180. The molecule has 0 aliphatic heterocycles. The van der Waals surface area contributed by atoms with Crippen molar-refractivity contribution in [2.75, 3.05) is 6.61 Å². The van der Waals surface area contributed by atoms with Crippen LogP contribution < -0.4 is 0 Å². The highest BCUT2D eigenvalue weighted by Gasteiger charge is 2.09.